The van der Waals surface area contributed by atoms with Crippen molar-refractivity contribution < 1.29 is 4.39 Å². The predicted octanol–water partition coefficient (Wildman–Crippen LogP) is 2.54. The minimum absolute atomic E-state index is 0.124. The van der Waals surface area contributed by atoms with Gasteiger partial charge in [-0.15, -0.1) is 0 Å². The summed E-state index contributed by atoms with van der Waals surface area (Å²) in [7, 11) is 0. The van der Waals surface area contributed by atoms with Crippen LogP contribution in [0.1, 0.15) is 31.2 Å². The fourth-order valence-electron chi connectivity index (χ4n) is 2.11. The standard InChI is InChI=1S/C13H14BF/c1-14-11-8-5-9-12(15)13(11)10-6-3-2-4-7-10/h5-6,8-9H,1-4,7H2. The summed E-state index contributed by atoms with van der Waals surface area (Å²) in [6, 6.07) is 5.18. The summed E-state index contributed by atoms with van der Waals surface area (Å²) >= 11 is 0. The van der Waals surface area contributed by atoms with Crippen LogP contribution in [0.4, 0.5) is 4.39 Å². The van der Waals surface area contributed by atoms with Crippen LogP contribution in [0.5, 0.6) is 0 Å². The van der Waals surface area contributed by atoms with Gasteiger partial charge in [-0.05, 0) is 0 Å². The molecule has 0 N–H and O–H groups in total. The second-order valence-corrected chi connectivity index (χ2v) is 3.88. The normalized spacial score (nSPS) is 15.7. The van der Waals surface area contributed by atoms with Crippen molar-refractivity contribution in [3.05, 3.63) is 35.7 Å². The van der Waals surface area contributed by atoms with Crippen molar-refractivity contribution in [3.8, 4) is 0 Å². The van der Waals surface area contributed by atoms with Crippen molar-refractivity contribution in [2.45, 2.75) is 25.7 Å². The summed E-state index contributed by atoms with van der Waals surface area (Å²) in [6.45, 7) is 5.46. The summed E-state index contributed by atoms with van der Waals surface area (Å²) in [6.07, 6.45) is 6.61. The minimum atomic E-state index is -0.124. The van der Waals surface area contributed by atoms with E-state index in [4.69, 9.17) is 0 Å². The molecule has 1 aromatic rings. The molecule has 0 fully saturated rings. The van der Waals surface area contributed by atoms with Gasteiger partial charge in [0.1, 0.15) is 0 Å². The van der Waals surface area contributed by atoms with Gasteiger partial charge in [-0.25, -0.2) is 0 Å². The van der Waals surface area contributed by atoms with Crippen molar-refractivity contribution >= 4 is 24.4 Å². The fraction of sp³-hybridized carbons (Fsp3) is 0.308. The van der Waals surface area contributed by atoms with Gasteiger partial charge in [-0.2, -0.15) is 0 Å². The van der Waals surface area contributed by atoms with E-state index in [9.17, 15) is 4.39 Å². The van der Waals surface area contributed by atoms with Crippen LogP contribution >= 0.6 is 0 Å². The van der Waals surface area contributed by atoms with Gasteiger partial charge >= 0.3 is 90.2 Å². The average molecular weight is 200 g/mol. The van der Waals surface area contributed by atoms with Crippen molar-refractivity contribution in [3.63, 3.8) is 0 Å². The average Bonchev–Trinajstić information content (AvgIpc) is 2.29. The molecule has 0 heterocycles. The maximum absolute atomic E-state index is 13.7. The van der Waals surface area contributed by atoms with E-state index in [1.807, 2.05) is 6.07 Å². The Balaban J connectivity index is 2.49. The molecule has 2 rings (SSSR count). The van der Waals surface area contributed by atoms with E-state index in [-0.39, 0.29) is 5.82 Å². The van der Waals surface area contributed by atoms with Gasteiger partial charge in [0.05, 0.1) is 0 Å². The summed E-state index contributed by atoms with van der Waals surface area (Å²) in [4.78, 5) is 0. The second kappa shape index (κ2) is 4.56. The zero-order valence-corrected chi connectivity index (χ0v) is 8.80. The first-order valence-corrected chi connectivity index (χ1v) is 5.43. The van der Waals surface area contributed by atoms with E-state index in [0.29, 0.717) is 0 Å². The first-order chi connectivity index (χ1) is 7.33. The van der Waals surface area contributed by atoms with Gasteiger partial charge < -0.3 is 0 Å². The Morgan fingerprint density at radius 3 is 2.80 bits per heavy atom. The summed E-state index contributed by atoms with van der Waals surface area (Å²) < 4.78 is 13.7. The molecular formula is C13H14BF. The molecule has 2 heteroatoms. The van der Waals surface area contributed by atoms with Gasteiger partial charge in [-0.3, -0.25) is 0 Å². The first-order valence-electron chi connectivity index (χ1n) is 5.43. The number of allylic oxidation sites excluding steroid dienone is 2. The van der Waals surface area contributed by atoms with Crippen molar-refractivity contribution in [2.75, 3.05) is 0 Å². The Morgan fingerprint density at radius 1 is 1.27 bits per heavy atom. The Bertz CT molecular complexity index is 407. The number of hydrogen-bond acceptors (Lipinski definition) is 0. The van der Waals surface area contributed by atoms with Crippen LogP contribution in [0.25, 0.3) is 5.57 Å². The summed E-state index contributed by atoms with van der Waals surface area (Å²) in [5, 5.41) is 0. The molecule has 0 saturated heterocycles. The summed E-state index contributed by atoms with van der Waals surface area (Å²) in [5.74, 6) is -0.124. The van der Waals surface area contributed by atoms with Crippen LogP contribution in [0.2, 0.25) is 0 Å². The molecule has 0 bridgehead atoms. The fourth-order valence-corrected chi connectivity index (χ4v) is 2.11. The third kappa shape index (κ3) is 2.09. The van der Waals surface area contributed by atoms with Crippen LogP contribution in [0.15, 0.2) is 24.3 Å². The number of rotatable bonds is 2. The Hall–Kier alpha value is -1.18. The molecular weight excluding hydrogens is 186 g/mol. The van der Waals surface area contributed by atoms with Crippen LogP contribution in [-0.2, 0) is 0 Å². The topological polar surface area (TPSA) is 0 Å². The molecule has 0 unspecified atom stereocenters. The van der Waals surface area contributed by atoms with Crippen LogP contribution < -0.4 is 5.46 Å². The van der Waals surface area contributed by atoms with E-state index >= 15 is 0 Å². The van der Waals surface area contributed by atoms with Crippen LogP contribution in [0, 0.1) is 5.82 Å². The third-order valence-corrected chi connectivity index (χ3v) is 2.88. The monoisotopic (exact) mass is 200 g/mol. The second-order valence-electron chi connectivity index (χ2n) is 3.88. The van der Waals surface area contributed by atoms with Crippen molar-refractivity contribution in [1.29, 1.82) is 0 Å². The molecule has 0 atom stereocenters. The zero-order valence-electron chi connectivity index (χ0n) is 8.80. The number of benzene rings is 1. The van der Waals surface area contributed by atoms with Gasteiger partial charge in [-0.1, -0.05) is 0 Å². The molecule has 76 valence electrons. The quantitative estimate of drug-likeness (QED) is 0.643. The van der Waals surface area contributed by atoms with E-state index in [1.165, 1.54) is 12.5 Å². The molecule has 0 saturated carbocycles. The summed E-state index contributed by atoms with van der Waals surface area (Å²) in [5.41, 5.74) is 2.81. The molecule has 0 aliphatic heterocycles. The number of halogens is 1. The molecule has 0 radical (unpaired) electrons. The van der Waals surface area contributed by atoms with Crippen LogP contribution in [-0.4, -0.2) is 13.4 Å². The van der Waals surface area contributed by atoms with E-state index in [1.54, 1.807) is 13.0 Å². The van der Waals surface area contributed by atoms with Gasteiger partial charge in [0.25, 0.3) is 0 Å². The van der Waals surface area contributed by atoms with E-state index < -0.39 is 0 Å². The molecule has 0 aromatic heterocycles. The van der Waals surface area contributed by atoms with Crippen LogP contribution in [0.3, 0.4) is 0 Å². The van der Waals surface area contributed by atoms with Crippen molar-refractivity contribution in [1.82, 2.24) is 0 Å². The zero-order chi connectivity index (χ0) is 10.7. The first kappa shape index (κ1) is 10.3. The van der Waals surface area contributed by atoms with E-state index in [0.717, 1.165) is 35.9 Å². The predicted molar refractivity (Wildman–Crippen MR) is 65.4 cm³/mol. The SMILES string of the molecule is C=Bc1cccc(F)c1C1=CCCCC1. The molecule has 0 nitrogen and oxygen atoms in total. The maximum atomic E-state index is 13.7. The molecule has 15 heavy (non-hydrogen) atoms. The Labute approximate surface area is 90.7 Å². The number of hydrogen-bond donors (Lipinski definition) is 0. The Morgan fingerprint density at radius 2 is 2.13 bits per heavy atom. The molecule has 1 aliphatic carbocycles. The molecule has 0 spiro atoms. The molecule has 1 aliphatic rings. The van der Waals surface area contributed by atoms with Crippen molar-refractivity contribution in [2.24, 2.45) is 0 Å². The third-order valence-electron chi connectivity index (χ3n) is 2.88. The molecule has 0 amide bonds. The van der Waals surface area contributed by atoms with Gasteiger partial charge in [0.2, 0.25) is 0 Å². The molecule has 1 aromatic carbocycles. The van der Waals surface area contributed by atoms with Gasteiger partial charge in [0, 0.05) is 0 Å². The Kier molecular flexibility index (Phi) is 3.15. The van der Waals surface area contributed by atoms with Gasteiger partial charge in [0.15, 0.2) is 0 Å². The van der Waals surface area contributed by atoms with E-state index in [2.05, 4.69) is 12.5 Å².